The van der Waals surface area contributed by atoms with E-state index in [9.17, 15) is 8.42 Å². The average Bonchev–Trinajstić information content (AvgIpc) is 2.77. The molecule has 182 valence electrons. The molecule has 1 aromatic carbocycles. The third kappa shape index (κ3) is 7.69. The van der Waals surface area contributed by atoms with Crippen molar-refractivity contribution in [2.75, 3.05) is 40.8 Å². The van der Waals surface area contributed by atoms with Gasteiger partial charge in [-0.15, -0.1) is 0 Å². The van der Waals surface area contributed by atoms with Gasteiger partial charge in [-0.25, -0.2) is 0 Å². The van der Waals surface area contributed by atoms with E-state index in [0.29, 0.717) is 0 Å². The summed E-state index contributed by atoms with van der Waals surface area (Å²) in [6, 6.07) is 6.36. The molecule has 2 fully saturated rings. The van der Waals surface area contributed by atoms with Crippen LogP contribution in [0.15, 0.2) is 22.7 Å². The van der Waals surface area contributed by atoms with Gasteiger partial charge >= 0.3 is 0 Å². The van der Waals surface area contributed by atoms with Crippen LogP contribution in [-0.2, 0) is 16.6 Å². The van der Waals surface area contributed by atoms with E-state index in [0.717, 1.165) is 49.7 Å². The van der Waals surface area contributed by atoms with Crippen LogP contribution in [0, 0.1) is 11.8 Å². The molecule has 32 heavy (non-hydrogen) atoms. The van der Waals surface area contributed by atoms with Crippen LogP contribution in [-0.4, -0.2) is 64.5 Å². The molecule has 6 nitrogen and oxygen atoms in total. The van der Waals surface area contributed by atoms with Crippen LogP contribution in [0.1, 0.15) is 56.9 Å². The van der Waals surface area contributed by atoms with Crippen molar-refractivity contribution in [1.29, 1.82) is 0 Å². The number of rotatable bonds is 10. The molecule has 3 rings (SSSR count). The quantitative estimate of drug-likeness (QED) is 0.486. The van der Waals surface area contributed by atoms with Gasteiger partial charge in [-0.3, -0.25) is 0 Å². The molecule has 0 radical (unpaired) electrons. The molecule has 2 aliphatic rings. The second-order valence-corrected chi connectivity index (χ2v) is 12.5. The van der Waals surface area contributed by atoms with Crippen molar-refractivity contribution < 1.29 is 13.2 Å². The molecule has 1 aliphatic carbocycles. The van der Waals surface area contributed by atoms with Crippen molar-refractivity contribution in [2.24, 2.45) is 11.8 Å². The average molecular weight is 531 g/mol. The Kier molecular flexibility index (Phi) is 9.85. The second kappa shape index (κ2) is 12.2. The molecule has 1 N–H and O–H groups in total. The topological polar surface area (TPSA) is 61.9 Å². The van der Waals surface area contributed by atoms with Gasteiger partial charge in [-0.05, 0) is 113 Å². The minimum atomic E-state index is -3.31. The van der Waals surface area contributed by atoms with Gasteiger partial charge < -0.3 is 9.64 Å². The highest BCUT2D eigenvalue weighted by molar-refractivity contribution is 9.10. The summed E-state index contributed by atoms with van der Waals surface area (Å²) < 4.78 is 34.7. The molecule has 0 unspecified atom stereocenters. The van der Waals surface area contributed by atoms with Crippen LogP contribution >= 0.6 is 15.9 Å². The van der Waals surface area contributed by atoms with Crippen molar-refractivity contribution in [1.82, 2.24) is 13.9 Å². The molecular weight excluding hydrogens is 490 g/mol. The van der Waals surface area contributed by atoms with Gasteiger partial charge in [-0.2, -0.15) is 17.4 Å². The summed E-state index contributed by atoms with van der Waals surface area (Å²) in [5, 5.41) is 0. The maximum atomic E-state index is 12.0. The number of ether oxygens (including phenoxy) is 1. The minimum Gasteiger partial charge on any atom is -0.497 e. The number of hydrogen-bond acceptors (Lipinski definition) is 4. The van der Waals surface area contributed by atoms with Gasteiger partial charge in [-0.1, -0.05) is 15.9 Å². The van der Waals surface area contributed by atoms with Crippen LogP contribution in [0.2, 0.25) is 0 Å². The van der Waals surface area contributed by atoms with Crippen molar-refractivity contribution in [2.45, 2.75) is 63.8 Å². The number of nitrogens with one attached hydrogen (secondary N) is 1. The summed E-state index contributed by atoms with van der Waals surface area (Å²) >= 11 is 3.69. The smallest absolute Gasteiger partial charge is 0.279 e. The van der Waals surface area contributed by atoms with Gasteiger partial charge in [0, 0.05) is 24.6 Å². The Bertz CT molecular complexity index is 818. The van der Waals surface area contributed by atoms with Crippen LogP contribution in [0.5, 0.6) is 5.75 Å². The SMILES string of the molecule is COc1ccc(Br)c(CC2CCN(CCC[C@H]3CC[C@@H](NS(=O)(=O)N(C)C)CC3)CC2)c1. The van der Waals surface area contributed by atoms with Gasteiger partial charge in [0.25, 0.3) is 10.2 Å². The van der Waals surface area contributed by atoms with Crippen LogP contribution in [0.25, 0.3) is 0 Å². The molecule has 1 saturated carbocycles. The maximum absolute atomic E-state index is 12.0. The van der Waals surface area contributed by atoms with Crippen molar-refractivity contribution in [3.8, 4) is 5.75 Å². The third-order valence-corrected chi connectivity index (χ3v) is 9.56. The summed E-state index contributed by atoms with van der Waals surface area (Å²) in [6.45, 7) is 3.60. The van der Waals surface area contributed by atoms with E-state index in [4.69, 9.17) is 4.74 Å². The minimum absolute atomic E-state index is 0.0993. The predicted octanol–water partition coefficient (Wildman–Crippen LogP) is 4.45. The van der Waals surface area contributed by atoms with Gasteiger partial charge in [0.2, 0.25) is 0 Å². The number of likely N-dealkylation sites (tertiary alicyclic amines) is 1. The Morgan fingerprint density at radius 2 is 1.78 bits per heavy atom. The van der Waals surface area contributed by atoms with Gasteiger partial charge in [0.1, 0.15) is 5.75 Å². The number of halogens is 1. The summed E-state index contributed by atoms with van der Waals surface area (Å²) in [5.74, 6) is 2.43. The molecule has 1 aliphatic heterocycles. The Labute approximate surface area is 203 Å². The van der Waals surface area contributed by atoms with E-state index < -0.39 is 10.2 Å². The lowest BCUT2D eigenvalue weighted by Crippen LogP contribution is -2.43. The van der Waals surface area contributed by atoms with Crippen LogP contribution in [0.4, 0.5) is 0 Å². The summed E-state index contributed by atoms with van der Waals surface area (Å²) in [6.07, 6.45) is 10.4. The second-order valence-electron chi connectivity index (χ2n) is 9.71. The molecule has 1 saturated heterocycles. The monoisotopic (exact) mass is 529 g/mol. The highest BCUT2D eigenvalue weighted by Gasteiger charge is 2.26. The normalized spacial score (nSPS) is 23.5. The van der Waals surface area contributed by atoms with Crippen LogP contribution in [0.3, 0.4) is 0 Å². The fraction of sp³-hybridized carbons (Fsp3) is 0.750. The molecule has 1 heterocycles. The van der Waals surface area contributed by atoms with E-state index in [-0.39, 0.29) is 6.04 Å². The Morgan fingerprint density at radius 1 is 1.09 bits per heavy atom. The lowest BCUT2D eigenvalue weighted by atomic mass is 9.83. The first-order chi connectivity index (χ1) is 15.3. The molecule has 1 aromatic rings. The number of benzene rings is 1. The zero-order valence-electron chi connectivity index (χ0n) is 19.9. The lowest BCUT2D eigenvalue weighted by molar-refractivity contribution is 0.174. The summed E-state index contributed by atoms with van der Waals surface area (Å²) in [7, 11) is 1.57. The van der Waals surface area contributed by atoms with E-state index in [1.165, 1.54) is 59.7 Å². The molecule has 0 atom stereocenters. The summed E-state index contributed by atoms with van der Waals surface area (Å²) in [4.78, 5) is 2.63. The van der Waals surface area contributed by atoms with Gasteiger partial charge in [0.05, 0.1) is 7.11 Å². The fourth-order valence-electron chi connectivity index (χ4n) is 5.05. The van der Waals surface area contributed by atoms with Crippen molar-refractivity contribution >= 4 is 26.1 Å². The first kappa shape index (κ1) is 25.9. The zero-order valence-corrected chi connectivity index (χ0v) is 22.3. The number of piperidine rings is 1. The highest BCUT2D eigenvalue weighted by Crippen LogP contribution is 2.30. The Balaban J connectivity index is 1.31. The van der Waals surface area contributed by atoms with Crippen molar-refractivity contribution in [3.63, 3.8) is 0 Å². The van der Waals surface area contributed by atoms with Gasteiger partial charge in [0.15, 0.2) is 0 Å². The largest absolute Gasteiger partial charge is 0.497 e. The lowest BCUT2D eigenvalue weighted by Gasteiger charge is -2.33. The van der Waals surface area contributed by atoms with E-state index in [2.05, 4.69) is 37.7 Å². The van der Waals surface area contributed by atoms with Crippen molar-refractivity contribution in [3.05, 3.63) is 28.2 Å². The number of methoxy groups -OCH3 is 1. The predicted molar refractivity (Wildman–Crippen MR) is 134 cm³/mol. The first-order valence-electron chi connectivity index (χ1n) is 12.0. The number of hydrogen-bond donors (Lipinski definition) is 1. The number of nitrogens with zero attached hydrogens (tertiary/aromatic N) is 2. The zero-order chi connectivity index (χ0) is 23.1. The maximum Gasteiger partial charge on any atom is 0.279 e. The third-order valence-electron chi connectivity index (χ3n) is 7.20. The molecule has 0 spiro atoms. The fourth-order valence-corrected chi connectivity index (χ4v) is 6.32. The Morgan fingerprint density at radius 3 is 2.41 bits per heavy atom. The molecule has 0 bridgehead atoms. The van der Waals surface area contributed by atoms with E-state index in [1.54, 1.807) is 21.2 Å². The molecule has 8 heteroatoms. The highest BCUT2D eigenvalue weighted by atomic mass is 79.9. The molecular formula is C24H40BrN3O3S. The Hall–Kier alpha value is -0.670. The first-order valence-corrected chi connectivity index (χ1v) is 14.2. The standard InChI is InChI=1S/C24H40BrN3O3S/c1-27(2)32(29,30)26-22-8-6-19(7-9-22)5-4-14-28-15-12-20(13-16-28)17-21-18-23(31-3)10-11-24(21)25/h10-11,18-20,22,26H,4-9,12-17H2,1-3H3/t19-,22+. The molecule has 0 aromatic heterocycles. The van der Waals surface area contributed by atoms with E-state index >= 15 is 0 Å². The summed E-state index contributed by atoms with van der Waals surface area (Å²) in [5.41, 5.74) is 1.35. The van der Waals surface area contributed by atoms with Crippen LogP contribution < -0.4 is 9.46 Å². The van der Waals surface area contributed by atoms with E-state index in [1.807, 2.05) is 6.07 Å². The molecule has 0 amide bonds.